The van der Waals surface area contributed by atoms with Gasteiger partial charge in [0.2, 0.25) is 0 Å². The normalized spacial score (nSPS) is 33.2. The first-order valence-electron chi connectivity index (χ1n) is 8.27. The first-order chi connectivity index (χ1) is 8.79. The van der Waals surface area contributed by atoms with Crippen LogP contribution in [0.2, 0.25) is 0 Å². The van der Waals surface area contributed by atoms with Gasteiger partial charge in [0.25, 0.3) is 0 Å². The van der Waals surface area contributed by atoms with E-state index in [0.29, 0.717) is 0 Å². The molecule has 1 unspecified atom stereocenters. The van der Waals surface area contributed by atoms with E-state index in [0.717, 1.165) is 18.0 Å². The standard InChI is InChI=1S/C16H32N2/c1-3-4-12-18(13-15-6-5-11-17-15)16-9-7-14(2)8-10-16/h14-17H,3-13H2,1-2H3. The van der Waals surface area contributed by atoms with E-state index < -0.39 is 0 Å². The van der Waals surface area contributed by atoms with Crippen molar-refractivity contribution < 1.29 is 0 Å². The molecule has 1 saturated carbocycles. The highest BCUT2D eigenvalue weighted by atomic mass is 15.2. The molecule has 1 saturated heterocycles. The summed E-state index contributed by atoms with van der Waals surface area (Å²) in [6.45, 7) is 8.61. The van der Waals surface area contributed by atoms with Gasteiger partial charge in [0.05, 0.1) is 0 Å². The predicted molar refractivity (Wildman–Crippen MR) is 78.9 cm³/mol. The summed E-state index contributed by atoms with van der Waals surface area (Å²) < 4.78 is 0. The molecule has 1 N–H and O–H groups in total. The van der Waals surface area contributed by atoms with Gasteiger partial charge in [0.1, 0.15) is 0 Å². The molecule has 106 valence electrons. The van der Waals surface area contributed by atoms with E-state index in [1.165, 1.54) is 71.0 Å². The maximum Gasteiger partial charge on any atom is 0.0195 e. The van der Waals surface area contributed by atoms with Crippen LogP contribution in [0.4, 0.5) is 0 Å². The van der Waals surface area contributed by atoms with Crippen LogP contribution in [0, 0.1) is 5.92 Å². The molecule has 0 aromatic rings. The molecule has 2 nitrogen and oxygen atoms in total. The maximum atomic E-state index is 3.67. The van der Waals surface area contributed by atoms with Crippen LogP contribution < -0.4 is 5.32 Å². The van der Waals surface area contributed by atoms with Crippen molar-refractivity contribution >= 4 is 0 Å². The second-order valence-corrected chi connectivity index (χ2v) is 6.56. The first kappa shape index (κ1) is 14.3. The molecule has 0 radical (unpaired) electrons. The van der Waals surface area contributed by atoms with Crippen molar-refractivity contribution in [3.8, 4) is 0 Å². The van der Waals surface area contributed by atoms with Crippen LogP contribution >= 0.6 is 0 Å². The fourth-order valence-corrected chi connectivity index (χ4v) is 3.59. The molecule has 0 amide bonds. The summed E-state index contributed by atoms with van der Waals surface area (Å²) in [7, 11) is 0. The van der Waals surface area contributed by atoms with E-state index in [1.807, 2.05) is 0 Å². The monoisotopic (exact) mass is 252 g/mol. The molecular weight excluding hydrogens is 220 g/mol. The molecule has 1 atom stereocenters. The van der Waals surface area contributed by atoms with Gasteiger partial charge in [0.15, 0.2) is 0 Å². The van der Waals surface area contributed by atoms with Gasteiger partial charge in [-0.3, -0.25) is 4.90 Å². The van der Waals surface area contributed by atoms with Gasteiger partial charge in [-0.1, -0.05) is 20.3 Å². The molecule has 1 aliphatic heterocycles. The fourth-order valence-electron chi connectivity index (χ4n) is 3.59. The van der Waals surface area contributed by atoms with Crippen LogP contribution in [0.25, 0.3) is 0 Å². The Morgan fingerprint density at radius 2 is 1.89 bits per heavy atom. The number of nitrogens with one attached hydrogen (secondary N) is 1. The molecule has 0 spiro atoms. The van der Waals surface area contributed by atoms with Gasteiger partial charge < -0.3 is 5.32 Å². The first-order valence-corrected chi connectivity index (χ1v) is 8.27. The maximum absolute atomic E-state index is 3.67. The van der Waals surface area contributed by atoms with Gasteiger partial charge in [-0.15, -0.1) is 0 Å². The zero-order valence-electron chi connectivity index (χ0n) is 12.5. The highest BCUT2D eigenvalue weighted by molar-refractivity contribution is 4.84. The average molecular weight is 252 g/mol. The summed E-state index contributed by atoms with van der Waals surface area (Å²) in [6, 6.07) is 1.66. The fraction of sp³-hybridized carbons (Fsp3) is 1.00. The molecule has 1 heterocycles. The molecule has 1 aliphatic carbocycles. The third-order valence-corrected chi connectivity index (χ3v) is 4.92. The van der Waals surface area contributed by atoms with Crippen LogP contribution in [0.15, 0.2) is 0 Å². The Morgan fingerprint density at radius 3 is 2.50 bits per heavy atom. The average Bonchev–Trinajstić information content (AvgIpc) is 2.88. The Hall–Kier alpha value is -0.0800. The Labute approximate surface area is 114 Å². The summed E-state index contributed by atoms with van der Waals surface area (Å²) >= 11 is 0. The Morgan fingerprint density at radius 1 is 1.11 bits per heavy atom. The molecule has 0 aromatic carbocycles. The highest BCUT2D eigenvalue weighted by Crippen LogP contribution is 2.27. The van der Waals surface area contributed by atoms with Crippen molar-refractivity contribution in [3.05, 3.63) is 0 Å². The lowest BCUT2D eigenvalue weighted by atomic mass is 9.86. The zero-order valence-corrected chi connectivity index (χ0v) is 12.5. The van der Waals surface area contributed by atoms with E-state index in [9.17, 15) is 0 Å². The van der Waals surface area contributed by atoms with E-state index in [1.54, 1.807) is 0 Å². The van der Waals surface area contributed by atoms with Gasteiger partial charge in [-0.2, -0.15) is 0 Å². The molecule has 0 aromatic heterocycles. The van der Waals surface area contributed by atoms with E-state index in [2.05, 4.69) is 24.1 Å². The van der Waals surface area contributed by atoms with Gasteiger partial charge >= 0.3 is 0 Å². The van der Waals surface area contributed by atoms with Crippen LogP contribution in [-0.4, -0.2) is 36.6 Å². The summed E-state index contributed by atoms with van der Waals surface area (Å²) in [6.07, 6.45) is 11.3. The van der Waals surface area contributed by atoms with Gasteiger partial charge in [-0.25, -0.2) is 0 Å². The van der Waals surface area contributed by atoms with Crippen molar-refractivity contribution in [2.75, 3.05) is 19.6 Å². The Kier molecular flexibility index (Phi) is 5.97. The van der Waals surface area contributed by atoms with E-state index >= 15 is 0 Å². The lowest BCUT2D eigenvalue weighted by Gasteiger charge is -2.37. The molecule has 2 rings (SSSR count). The third kappa shape index (κ3) is 4.24. The molecule has 2 fully saturated rings. The van der Waals surface area contributed by atoms with Crippen molar-refractivity contribution in [1.29, 1.82) is 0 Å². The summed E-state index contributed by atoms with van der Waals surface area (Å²) in [5.74, 6) is 0.971. The van der Waals surface area contributed by atoms with Crippen molar-refractivity contribution in [1.82, 2.24) is 10.2 Å². The van der Waals surface area contributed by atoms with Crippen LogP contribution in [0.5, 0.6) is 0 Å². The van der Waals surface area contributed by atoms with Crippen molar-refractivity contribution in [3.63, 3.8) is 0 Å². The largest absolute Gasteiger partial charge is 0.313 e. The molecular formula is C16H32N2. The van der Waals surface area contributed by atoms with E-state index in [-0.39, 0.29) is 0 Å². The van der Waals surface area contributed by atoms with Crippen molar-refractivity contribution in [2.45, 2.75) is 77.3 Å². The molecule has 2 heteroatoms. The SMILES string of the molecule is CCCCN(CC1CCCN1)C1CCC(C)CC1. The van der Waals surface area contributed by atoms with Crippen LogP contribution in [0.3, 0.4) is 0 Å². The minimum atomic E-state index is 0.779. The van der Waals surface area contributed by atoms with Gasteiger partial charge in [0, 0.05) is 18.6 Å². The second kappa shape index (κ2) is 7.49. The smallest absolute Gasteiger partial charge is 0.0195 e. The molecule has 18 heavy (non-hydrogen) atoms. The third-order valence-electron chi connectivity index (χ3n) is 4.92. The molecule has 0 bridgehead atoms. The van der Waals surface area contributed by atoms with Crippen molar-refractivity contribution in [2.24, 2.45) is 5.92 Å². The summed E-state index contributed by atoms with van der Waals surface area (Å²) in [5.41, 5.74) is 0. The zero-order chi connectivity index (χ0) is 12.8. The lowest BCUT2D eigenvalue weighted by molar-refractivity contribution is 0.127. The van der Waals surface area contributed by atoms with Gasteiger partial charge in [-0.05, 0) is 64.0 Å². The predicted octanol–water partition coefficient (Wildman–Crippen LogP) is 3.42. The lowest BCUT2D eigenvalue weighted by Crippen LogP contribution is -2.45. The van der Waals surface area contributed by atoms with Crippen LogP contribution in [0.1, 0.15) is 65.2 Å². The topological polar surface area (TPSA) is 15.3 Å². The second-order valence-electron chi connectivity index (χ2n) is 6.56. The van der Waals surface area contributed by atoms with Crippen LogP contribution in [-0.2, 0) is 0 Å². The quantitative estimate of drug-likeness (QED) is 0.779. The number of hydrogen-bond acceptors (Lipinski definition) is 2. The summed E-state index contributed by atoms with van der Waals surface area (Å²) in [5, 5.41) is 3.67. The highest BCUT2D eigenvalue weighted by Gasteiger charge is 2.26. The summed E-state index contributed by atoms with van der Waals surface area (Å²) in [4.78, 5) is 2.82. The number of unbranched alkanes of at least 4 members (excludes halogenated alkanes) is 1. The minimum absolute atomic E-state index is 0.779. The number of rotatable bonds is 6. The number of hydrogen-bond donors (Lipinski definition) is 1. The molecule has 2 aliphatic rings. The number of nitrogens with zero attached hydrogens (tertiary/aromatic N) is 1. The minimum Gasteiger partial charge on any atom is -0.313 e. The Bertz CT molecular complexity index is 215. The van der Waals surface area contributed by atoms with E-state index in [4.69, 9.17) is 0 Å². The Balaban J connectivity index is 1.82.